The summed E-state index contributed by atoms with van der Waals surface area (Å²) in [5.74, 6) is 0.0208. The summed E-state index contributed by atoms with van der Waals surface area (Å²) in [6.45, 7) is 0.380. The van der Waals surface area contributed by atoms with Crippen LogP contribution in [0, 0.1) is 0 Å². The van der Waals surface area contributed by atoms with Gasteiger partial charge in [0, 0.05) is 25.7 Å². The standard InChI is InChI=1S/C22H26F3N3O2/c1-28(21(29)15-30-19-11-9-17(10-12-19)22(23,24)25)13-5-8-18-14-20(27-26-18)16-6-3-2-4-7-16/h2-4,6-7,9-12,18,20,26-27H,5,8,13-15H2,1H3. The first-order valence-corrected chi connectivity index (χ1v) is 9.93. The number of likely N-dealkylation sites (N-methyl/N-ethyl adjacent to an activating group) is 1. The summed E-state index contributed by atoms with van der Waals surface area (Å²) in [5.41, 5.74) is 7.13. The van der Waals surface area contributed by atoms with Crippen molar-refractivity contribution < 1.29 is 22.7 Å². The number of carbonyl (C=O) groups excluding carboxylic acids is 1. The Balaban J connectivity index is 1.35. The number of nitrogens with zero attached hydrogens (tertiary/aromatic N) is 1. The summed E-state index contributed by atoms with van der Waals surface area (Å²) in [4.78, 5) is 13.8. The Morgan fingerprint density at radius 3 is 2.47 bits per heavy atom. The SMILES string of the molecule is CN(CCCC1CC(c2ccccc2)NN1)C(=O)COc1ccc(C(F)(F)F)cc1. The average Bonchev–Trinajstić information content (AvgIpc) is 3.21. The zero-order valence-corrected chi connectivity index (χ0v) is 16.8. The van der Waals surface area contributed by atoms with Crippen LogP contribution in [0.5, 0.6) is 5.75 Å². The highest BCUT2D eigenvalue weighted by atomic mass is 19.4. The largest absolute Gasteiger partial charge is 0.484 e. The van der Waals surface area contributed by atoms with Gasteiger partial charge < -0.3 is 9.64 Å². The van der Waals surface area contributed by atoms with Crippen LogP contribution in [-0.4, -0.2) is 37.0 Å². The molecule has 2 N–H and O–H groups in total. The summed E-state index contributed by atoms with van der Waals surface area (Å²) in [7, 11) is 1.70. The maximum Gasteiger partial charge on any atom is 0.416 e. The minimum Gasteiger partial charge on any atom is -0.484 e. The van der Waals surface area contributed by atoms with E-state index in [-0.39, 0.29) is 24.3 Å². The van der Waals surface area contributed by atoms with Crippen LogP contribution in [0.3, 0.4) is 0 Å². The van der Waals surface area contributed by atoms with E-state index in [0.29, 0.717) is 12.6 Å². The average molecular weight is 421 g/mol. The molecule has 30 heavy (non-hydrogen) atoms. The van der Waals surface area contributed by atoms with Gasteiger partial charge in [0.05, 0.1) is 5.56 Å². The molecule has 162 valence electrons. The van der Waals surface area contributed by atoms with Crippen LogP contribution in [0.15, 0.2) is 54.6 Å². The van der Waals surface area contributed by atoms with E-state index in [1.165, 1.54) is 17.7 Å². The van der Waals surface area contributed by atoms with Crippen molar-refractivity contribution in [1.82, 2.24) is 15.8 Å². The van der Waals surface area contributed by atoms with E-state index in [1.54, 1.807) is 11.9 Å². The van der Waals surface area contributed by atoms with Gasteiger partial charge in [-0.3, -0.25) is 15.6 Å². The molecular formula is C22H26F3N3O2. The van der Waals surface area contributed by atoms with Gasteiger partial charge in [-0.25, -0.2) is 0 Å². The molecule has 1 fully saturated rings. The van der Waals surface area contributed by atoms with E-state index in [0.717, 1.165) is 31.4 Å². The van der Waals surface area contributed by atoms with E-state index in [1.807, 2.05) is 18.2 Å². The number of nitrogens with one attached hydrogen (secondary N) is 2. The molecule has 0 spiro atoms. The highest BCUT2D eigenvalue weighted by Gasteiger charge is 2.30. The summed E-state index contributed by atoms with van der Waals surface area (Å²) in [6.07, 6.45) is -1.64. The molecule has 1 amide bonds. The predicted molar refractivity (Wildman–Crippen MR) is 108 cm³/mol. The van der Waals surface area contributed by atoms with Crippen molar-refractivity contribution >= 4 is 5.91 Å². The van der Waals surface area contributed by atoms with E-state index >= 15 is 0 Å². The molecular weight excluding hydrogens is 395 g/mol. The van der Waals surface area contributed by atoms with Crippen LogP contribution < -0.4 is 15.6 Å². The maximum atomic E-state index is 12.6. The number of benzene rings is 2. The molecule has 0 bridgehead atoms. The topological polar surface area (TPSA) is 53.6 Å². The van der Waals surface area contributed by atoms with Gasteiger partial charge in [0.2, 0.25) is 0 Å². The van der Waals surface area contributed by atoms with E-state index in [2.05, 4.69) is 23.0 Å². The number of amides is 1. The van der Waals surface area contributed by atoms with E-state index in [4.69, 9.17) is 4.74 Å². The molecule has 2 aromatic rings. The van der Waals surface area contributed by atoms with Gasteiger partial charge in [-0.1, -0.05) is 30.3 Å². The molecule has 2 unspecified atom stereocenters. The van der Waals surface area contributed by atoms with Crippen molar-refractivity contribution in [2.75, 3.05) is 20.2 Å². The lowest BCUT2D eigenvalue weighted by molar-refractivity contribution is -0.137. The Kier molecular flexibility index (Phi) is 7.33. The molecule has 1 aliphatic heterocycles. The van der Waals surface area contributed by atoms with Crippen molar-refractivity contribution in [3.63, 3.8) is 0 Å². The van der Waals surface area contributed by atoms with Crippen molar-refractivity contribution in [2.45, 2.75) is 37.5 Å². The number of hydrazine groups is 1. The van der Waals surface area contributed by atoms with Gasteiger partial charge in [0.15, 0.2) is 6.61 Å². The molecule has 0 aliphatic carbocycles. The Hall–Kier alpha value is -2.58. The number of halogens is 3. The van der Waals surface area contributed by atoms with Gasteiger partial charge in [0.1, 0.15) is 5.75 Å². The zero-order chi connectivity index (χ0) is 21.6. The summed E-state index contributed by atoms with van der Waals surface area (Å²) in [6, 6.07) is 15.2. The highest BCUT2D eigenvalue weighted by molar-refractivity contribution is 5.77. The third-order valence-electron chi connectivity index (χ3n) is 5.20. The fraction of sp³-hybridized carbons (Fsp3) is 0.409. The Morgan fingerprint density at radius 1 is 1.10 bits per heavy atom. The Bertz CT molecular complexity index is 813. The fourth-order valence-electron chi connectivity index (χ4n) is 3.41. The molecule has 0 aromatic heterocycles. The lowest BCUT2D eigenvalue weighted by Crippen LogP contribution is -2.34. The minimum absolute atomic E-state index is 0.207. The number of hydrogen-bond acceptors (Lipinski definition) is 4. The van der Waals surface area contributed by atoms with Crippen LogP contribution in [0.2, 0.25) is 0 Å². The molecule has 2 atom stereocenters. The monoisotopic (exact) mass is 421 g/mol. The number of carbonyl (C=O) groups is 1. The molecule has 5 nitrogen and oxygen atoms in total. The number of alkyl halides is 3. The van der Waals surface area contributed by atoms with Crippen molar-refractivity contribution in [3.05, 3.63) is 65.7 Å². The normalized spacial score (nSPS) is 18.9. The summed E-state index contributed by atoms with van der Waals surface area (Å²) in [5, 5.41) is 0. The zero-order valence-electron chi connectivity index (χ0n) is 16.8. The summed E-state index contributed by atoms with van der Waals surface area (Å²) < 4.78 is 43.0. The smallest absolute Gasteiger partial charge is 0.416 e. The molecule has 1 heterocycles. The number of rotatable bonds is 8. The third kappa shape index (κ3) is 6.21. The second-order valence-corrected chi connectivity index (χ2v) is 7.45. The number of hydrogen-bond donors (Lipinski definition) is 2. The van der Waals surface area contributed by atoms with Gasteiger partial charge in [-0.2, -0.15) is 13.2 Å². The lowest BCUT2D eigenvalue weighted by atomic mass is 10.00. The van der Waals surface area contributed by atoms with Crippen LogP contribution in [0.1, 0.15) is 36.4 Å². The first-order valence-electron chi connectivity index (χ1n) is 9.93. The molecule has 3 rings (SSSR count). The quantitative estimate of drug-likeness (QED) is 0.678. The van der Waals surface area contributed by atoms with Crippen LogP contribution in [-0.2, 0) is 11.0 Å². The van der Waals surface area contributed by atoms with Crippen LogP contribution in [0.4, 0.5) is 13.2 Å². The first-order chi connectivity index (χ1) is 14.3. The molecule has 1 saturated heterocycles. The predicted octanol–water partition coefficient (Wildman–Crippen LogP) is 3.93. The maximum absolute atomic E-state index is 12.6. The van der Waals surface area contributed by atoms with Crippen molar-refractivity contribution in [1.29, 1.82) is 0 Å². The molecule has 1 aliphatic rings. The lowest BCUT2D eigenvalue weighted by Gasteiger charge is -2.18. The van der Waals surface area contributed by atoms with Crippen molar-refractivity contribution in [3.8, 4) is 5.75 Å². The van der Waals surface area contributed by atoms with Crippen LogP contribution >= 0.6 is 0 Å². The minimum atomic E-state index is -4.39. The molecule has 0 radical (unpaired) electrons. The number of ether oxygens (including phenoxy) is 1. The summed E-state index contributed by atoms with van der Waals surface area (Å²) >= 11 is 0. The van der Waals surface area contributed by atoms with Gasteiger partial charge in [-0.05, 0) is 49.1 Å². The molecule has 2 aromatic carbocycles. The van der Waals surface area contributed by atoms with E-state index in [9.17, 15) is 18.0 Å². The van der Waals surface area contributed by atoms with Crippen molar-refractivity contribution in [2.24, 2.45) is 0 Å². The van der Waals surface area contributed by atoms with Gasteiger partial charge >= 0.3 is 6.18 Å². The highest BCUT2D eigenvalue weighted by Crippen LogP contribution is 2.30. The first kappa shape index (κ1) is 22.1. The van der Waals surface area contributed by atoms with E-state index < -0.39 is 11.7 Å². The van der Waals surface area contributed by atoms with Crippen LogP contribution in [0.25, 0.3) is 0 Å². The fourth-order valence-corrected chi connectivity index (χ4v) is 3.41. The second kappa shape index (κ2) is 9.95. The Labute approximate surface area is 174 Å². The molecule has 0 saturated carbocycles. The van der Waals surface area contributed by atoms with Gasteiger partial charge in [0.25, 0.3) is 5.91 Å². The molecule has 8 heteroatoms. The Morgan fingerprint density at radius 2 is 1.80 bits per heavy atom. The third-order valence-corrected chi connectivity index (χ3v) is 5.20. The van der Waals surface area contributed by atoms with Gasteiger partial charge in [-0.15, -0.1) is 0 Å². The second-order valence-electron chi connectivity index (χ2n) is 7.45.